The van der Waals surface area contributed by atoms with Crippen LogP contribution in [0.5, 0.6) is 0 Å². The third kappa shape index (κ3) is 2.34. The molecule has 0 fully saturated rings. The van der Waals surface area contributed by atoms with Crippen molar-refractivity contribution in [2.75, 3.05) is 6.54 Å². The zero-order chi connectivity index (χ0) is 15.4. The predicted octanol–water partition coefficient (Wildman–Crippen LogP) is 5.18. The van der Waals surface area contributed by atoms with E-state index in [1.807, 2.05) is 17.4 Å². The lowest BCUT2D eigenvalue weighted by molar-refractivity contribution is 0.567. The van der Waals surface area contributed by atoms with Crippen LogP contribution in [0, 0.1) is 5.82 Å². The molecular formula is C19H16ClFN2S. The van der Waals surface area contributed by atoms with E-state index >= 15 is 0 Å². The molecule has 3 heterocycles. The second kappa shape index (κ2) is 5.88. The van der Waals surface area contributed by atoms with Crippen molar-refractivity contribution >= 4 is 44.7 Å². The molecule has 0 aliphatic carbocycles. The molecule has 0 saturated heterocycles. The summed E-state index contributed by atoms with van der Waals surface area (Å²) in [5.74, 6) is -0.170. The maximum Gasteiger partial charge on any atom is 0.123 e. The number of hydrogen-bond acceptors (Lipinski definition) is 2. The summed E-state index contributed by atoms with van der Waals surface area (Å²) in [6.07, 6.45) is 0.931. The molecule has 0 amide bonds. The SMILES string of the molecule is Cl.Fc1ccc2[nH]c3c(c2c1)CCNC3c1cc2ccccc2s1. The molecule has 5 rings (SSSR count). The van der Waals surface area contributed by atoms with Crippen molar-refractivity contribution in [1.82, 2.24) is 10.3 Å². The molecule has 1 atom stereocenters. The van der Waals surface area contributed by atoms with Crippen molar-refractivity contribution in [1.29, 1.82) is 0 Å². The molecule has 0 saturated carbocycles. The maximum absolute atomic E-state index is 13.6. The largest absolute Gasteiger partial charge is 0.357 e. The minimum Gasteiger partial charge on any atom is -0.357 e. The average Bonchev–Trinajstić information content (AvgIpc) is 3.15. The fourth-order valence-electron chi connectivity index (χ4n) is 3.59. The summed E-state index contributed by atoms with van der Waals surface area (Å²) in [4.78, 5) is 4.82. The Bertz CT molecular complexity index is 1000. The van der Waals surface area contributed by atoms with Crippen molar-refractivity contribution < 1.29 is 4.39 Å². The van der Waals surface area contributed by atoms with Gasteiger partial charge in [-0.3, -0.25) is 0 Å². The van der Waals surface area contributed by atoms with Gasteiger partial charge in [-0.15, -0.1) is 23.7 Å². The monoisotopic (exact) mass is 358 g/mol. The summed E-state index contributed by atoms with van der Waals surface area (Å²) >= 11 is 1.82. The van der Waals surface area contributed by atoms with E-state index in [1.54, 1.807) is 6.07 Å². The van der Waals surface area contributed by atoms with Gasteiger partial charge in [0.2, 0.25) is 0 Å². The van der Waals surface area contributed by atoms with Crippen molar-refractivity contribution in [2.45, 2.75) is 12.5 Å². The van der Waals surface area contributed by atoms with E-state index in [-0.39, 0.29) is 24.3 Å². The molecule has 24 heavy (non-hydrogen) atoms. The van der Waals surface area contributed by atoms with Gasteiger partial charge >= 0.3 is 0 Å². The Kier molecular flexibility index (Phi) is 3.83. The Morgan fingerprint density at radius 1 is 1.08 bits per heavy atom. The molecule has 1 aliphatic heterocycles. The topological polar surface area (TPSA) is 27.8 Å². The fraction of sp³-hybridized carbons (Fsp3) is 0.158. The highest BCUT2D eigenvalue weighted by Gasteiger charge is 2.26. The number of halogens is 2. The van der Waals surface area contributed by atoms with Gasteiger partial charge in [0.05, 0.1) is 6.04 Å². The van der Waals surface area contributed by atoms with Crippen LogP contribution < -0.4 is 5.32 Å². The van der Waals surface area contributed by atoms with E-state index in [0.29, 0.717) is 0 Å². The Balaban J connectivity index is 0.00000146. The van der Waals surface area contributed by atoms with E-state index in [9.17, 15) is 4.39 Å². The number of benzene rings is 2. The van der Waals surface area contributed by atoms with Gasteiger partial charge < -0.3 is 10.3 Å². The smallest absolute Gasteiger partial charge is 0.123 e. The summed E-state index contributed by atoms with van der Waals surface area (Å²) in [5.41, 5.74) is 3.45. The Hall–Kier alpha value is -1.88. The van der Waals surface area contributed by atoms with Crippen LogP contribution in [-0.2, 0) is 6.42 Å². The first-order chi connectivity index (χ1) is 11.3. The second-order valence-electron chi connectivity index (χ2n) is 6.03. The Morgan fingerprint density at radius 2 is 1.96 bits per heavy atom. The number of H-pyrrole nitrogens is 1. The second-order valence-corrected chi connectivity index (χ2v) is 7.15. The quantitative estimate of drug-likeness (QED) is 0.482. The van der Waals surface area contributed by atoms with E-state index in [2.05, 4.69) is 40.6 Å². The summed E-state index contributed by atoms with van der Waals surface area (Å²) in [6, 6.07) is 15.9. The van der Waals surface area contributed by atoms with E-state index < -0.39 is 0 Å². The molecule has 1 unspecified atom stereocenters. The predicted molar refractivity (Wildman–Crippen MR) is 101 cm³/mol. The first-order valence-corrected chi connectivity index (χ1v) is 8.63. The van der Waals surface area contributed by atoms with Gasteiger partial charge in [0.1, 0.15) is 5.82 Å². The molecule has 2 aromatic heterocycles. The van der Waals surface area contributed by atoms with Crippen LogP contribution in [0.1, 0.15) is 22.2 Å². The summed E-state index contributed by atoms with van der Waals surface area (Å²) in [5, 5.41) is 5.92. The number of rotatable bonds is 1. The molecule has 2 aromatic carbocycles. The zero-order valence-corrected chi connectivity index (χ0v) is 14.4. The molecule has 1 aliphatic rings. The lowest BCUT2D eigenvalue weighted by Crippen LogP contribution is -2.29. The van der Waals surface area contributed by atoms with Crippen molar-refractivity contribution in [2.24, 2.45) is 0 Å². The zero-order valence-electron chi connectivity index (χ0n) is 12.8. The molecule has 122 valence electrons. The van der Waals surface area contributed by atoms with Crippen LogP contribution in [0.15, 0.2) is 48.5 Å². The molecule has 4 aromatic rings. The van der Waals surface area contributed by atoms with Crippen molar-refractivity contribution in [3.8, 4) is 0 Å². The number of nitrogens with one attached hydrogen (secondary N) is 2. The highest BCUT2D eigenvalue weighted by atomic mass is 35.5. The molecule has 5 heteroatoms. The number of aromatic nitrogens is 1. The van der Waals surface area contributed by atoms with Crippen molar-refractivity contribution in [3.63, 3.8) is 0 Å². The van der Waals surface area contributed by atoms with Gasteiger partial charge in [-0.1, -0.05) is 18.2 Å². The van der Waals surface area contributed by atoms with E-state index in [4.69, 9.17) is 0 Å². The van der Waals surface area contributed by atoms with Crippen LogP contribution >= 0.6 is 23.7 Å². The van der Waals surface area contributed by atoms with E-state index in [1.165, 1.54) is 32.3 Å². The van der Waals surface area contributed by atoms with Gasteiger partial charge in [0.15, 0.2) is 0 Å². The minimum absolute atomic E-state index is 0. The van der Waals surface area contributed by atoms with Crippen LogP contribution in [0.4, 0.5) is 4.39 Å². The lowest BCUT2D eigenvalue weighted by atomic mass is 9.98. The molecule has 0 radical (unpaired) electrons. The Labute approximate surface area is 149 Å². The molecule has 2 N–H and O–H groups in total. The normalized spacial score (nSPS) is 17.0. The van der Waals surface area contributed by atoms with Gasteiger partial charge in [-0.2, -0.15) is 0 Å². The molecule has 0 bridgehead atoms. The standard InChI is InChI=1S/C19H15FN2S.ClH/c20-12-5-6-15-14(10-12)13-7-8-21-19(18(13)22-15)17-9-11-3-1-2-4-16(11)23-17;/h1-6,9-10,19,21-22H,7-8H2;1H. The van der Waals surface area contributed by atoms with E-state index in [0.717, 1.165) is 23.9 Å². The molecule has 0 spiro atoms. The number of fused-ring (bicyclic) bond motifs is 4. The van der Waals surface area contributed by atoms with Crippen molar-refractivity contribution in [3.05, 3.63) is 70.5 Å². The highest BCUT2D eigenvalue weighted by molar-refractivity contribution is 7.19. The maximum atomic E-state index is 13.6. The summed E-state index contributed by atoms with van der Waals surface area (Å²) < 4.78 is 14.9. The first-order valence-electron chi connectivity index (χ1n) is 7.81. The van der Waals surface area contributed by atoms with Gasteiger partial charge in [0.25, 0.3) is 0 Å². The molecular weight excluding hydrogens is 343 g/mol. The third-order valence-corrected chi connectivity index (χ3v) is 5.82. The fourth-order valence-corrected chi connectivity index (χ4v) is 4.74. The lowest BCUT2D eigenvalue weighted by Gasteiger charge is -2.23. The van der Waals surface area contributed by atoms with Crippen LogP contribution in [0.3, 0.4) is 0 Å². The number of hydrogen-bond donors (Lipinski definition) is 2. The van der Waals surface area contributed by atoms with Gasteiger partial charge in [0, 0.05) is 32.7 Å². The number of aromatic amines is 1. The van der Waals surface area contributed by atoms with Gasteiger partial charge in [-0.25, -0.2) is 4.39 Å². The number of thiophene rings is 1. The van der Waals surface area contributed by atoms with Crippen LogP contribution in [0.2, 0.25) is 0 Å². The molecule has 2 nitrogen and oxygen atoms in total. The van der Waals surface area contributed by atoms with Crippen LogP contribution in [-0.4, -0.2) is 11.5 Å². The average molecular weight is 359 g/mol. The van der Waals surface area contributed by atoms with Crippen LogP contribution in [0.25, 0.3) is 21.0 Å². The minimum atomic E-state index is -0.170. The summed E-state index contributed by atoms with van der Waals surface area (Å²) in [7, 11) is 0. The van der Waals surface area contributed by atoms with Gasteiger partial charge in [-0.05, 0) is 47.7 Å². The third-order valence-electron chi connectivity index (χ3n) is 4.64. The first kappa shape index (κ1) is 15.6. The summed E-state index contributed by atoms with van der Waals surface area (Å²) in [6.45, 7) is 0.912. The Morgan fingerprint density at radius 3 is 2.83 bits per heavy atom. The highest BCUT2D eigenvalue weighted by Crippen LogP contribution is 2.38.